The minimum absolute atomic E-state index is 0.0573. The van der Waals surface area contributed by atoms with Gasteiger partial charge in [0, 0.05) is 23.4 Å². The minimum atomic E-state index is -4.55. The molecule has 0 saturated carbocycles. The number of rotatable bonds is 5. The lowest BCUT2D eigenvalue weighted by atomic mass is 10.1. The average Bonchev–Trinajstić information content (AvgIpc) is 2.72. The summed E-state index contributed by atoms with van der Waals surface area (Å²) in [5.41, 5.74) is -0.0152. The maximum Gasteiger partial charge on any atom is 0.405 e. The first-order valence-electron chi connectivity index (χ1n) is 9.54. The molecule has 2 amide bonds. The number of aromatic amines is 1. The number of carbonyl (C=O) groups excluding carboxylic acids is 2. The van der Waals surface area contributed by atoms with Crippen molar-refractivity contribution in [2.75, 3.05) is 11.9 Å². The molecule has 0 bridgehead atoms. The second-order valence-corrected chi connectivity index (χ2v) is 7.02. The molecular weight excluding hydrogens is 429 g/mol. The van der Waals surface area contributed by atoms with Gasteiger partial charge in [-0.3, -0.25) is 19.0 Å². The second kappa shape index (κ2) is 8.69. The van der Waals surface area contributed by atoms with Crippen molar-refractivity contribution in [2.24, 2.45) is 0 Å². The third-order valence-corrected chi connectivity index (χ3v) is 4.76. The van der Waals surface area contributed by atoms with Crippen molar-refractivity contribution in [3.05, 3.63) is 73.9 Å². The molecule has 0 unspecified atom stereocenters. The van der Waals surface area contributed by atoms with E-state index in [9.17, 15) is 32.3 Å². The molecule has 2 aromatic carbocycles. The van der Waals surface area contributed by atoms with Crippen LogP contribution < -0.4 is 21.9 Å². The zero-order valence-electron chi connectivity index (χ0n) is 17.1. The largest absolute Gasteiger partial charge is 0.405 e. The molecule has 0 atom stereocenters. The predicted octanol–water partition coefficient (Wildman–Crippen LogP) is 2.56. The van der Waals surface area contributed by atoms with E-state index in [0.717, 1.165) is 4.57 Å². The van der Waals surface area contributed by atoms with Crippen molar-refractivity contribution in [1.82, 2.24) is 14.9 Å². The molecule has 1 heterocycles. The topological polar surface area (TPSA) is 113 Å². The average molecular weight is 448 g/mol. The highest BCUT2D eigenvalue weighted by Crippen LogP contribution is 2.20. The highest BCUT2D eigenvalue weighted by Gasteiger charge is 2.28. The highest BCUT2D eigenvalue weighted by atomic mass is 19.4. The van der Waals surface area contributed by atoms with E-state index in [0.29, 0.717) is 5.56 Å². The standard InChI is InChI=1S/C21H19F3N4O4/c1-3-28-19(31)14-7-6-13(9-16(14)27-20(28)32)18(30)26-15-8-12(5-4-11(15)2)17(29)25-10-21(22,23)24/h4-9H,3,10H2,1-2H3,(H,25,29)(H,26,30)(H,27,32). The van der Waals surface area contributed by atoms with E-state index in [2.05, 4.69) is 10.3 Å². The Morgan fingerprint density at radius 1 is 1.03 bits per heavy atom. The minimum Gasteiger partial charge on any atom is -0.343 e. The molecule has 32 heavy (non-hydrogen) atoms. The Labute approximate surface area is 179 Å². The number of nitrogens with zero attached hydrogens (tertiary/aromatic N) is 1. The first-order chi connectivity index (χ1) is 15.0. The lowest BCUT2D eigenvalue weighted by molar-refractivity contribution is -0.123. The zero-order chi connectivity index (χ0) is 23.6. The SMILES string of the molecule is CCn1c(=O)[nH]c2cc(C(=O)Nc3cc(C(=O)NCC(F)(F)F)ccc3C)ccc2c1=O. The van der Waals surface area contributed by atoms with Crippen LogP contribution >= 0.6 is 0 Å². The van der Waals surface area contributed by atoms with Gasteiger partial charge in [0.15, 0.2) is 0 Å². The molecule has 168 valence electrons. The van der Waals surface area contributed by atoms with Crippen LogP contribution in [-0.4, -0.2) is 34.1 Å². The summed E-state index contributed by atoms with van der Waals surface area (Å²) in [6, 6.07) is 8.28. The fourth-order valence-corrected chi connectivity index (χ4v) is 3.06. The molecule has 0 radical (unpaired) electrons. The fourth-order valence-electron chi connectivity index (χ4n) is 3.06. The summed E-state index contributed by atoms with van der Waals surface area (Å²) in [4.78, 5) is 51.6. The van der Waals surface area contributed by atoms with E-state index < -0.39 is 35.8 Å². The molecule has 3 N–H and O–H groups in total. The lowest BCUT2D eigenvalue weighted by Crippen LogP contribution is -2.34. The Morgan fingerprint density at radius 2 is 1.69 bits per heavy atom. The van der Waals surface area contributed by atoms with Crippen LogP contribution in [0.25, 0.3) is 10.9 Å². The molecule has 1 aromatic heterocycles. The summed E-state index contributed by atoms with van der Waals surface area (Å²) >= 11 is 0. The van der Waals surface area contributed by atoms with Crippen LogP contribution in [0.5, 0.6) is 0 Å². The van der Waals surface area contributed by atoms with Gasteiger partial charge >= 0.3 is 11.9 Å². The summed E-state index contributed by atoms with van der Waals surface area (Å²) in [6.45, 7) is 2.02. The van der Waals surface area contributed by atoms with E-state index in [4.69, 9.17) is 0 Å². The van der Waals surface area contributed by atoms with Crippen molar-refractivity contribution >= 4 is 28.4 Å². The van der Waals surface area contributed by atoms with Crippen LogP contribution in [0.4, 0.5) is 18.9 Å². The van der Waals surface area contributed by atoms with E-state index in [-0.39, 0.29) is 34.3 Å². The predicted molar refractivity (Wildman–Crippen MR) is 112 cm³/mol. The second-order valence-electron chi connectivity index (χ2n) is 7.02. The summed E-state index contributed by atoms with van der Waals surface area (Å²) in [5, 5.41) is 4.60. The Balaban J connectivity index is 1.87. The monoisotopic (exact) mass is 448 g/mol. The Hall–Kier alpha value is -3.89. The number of halogens is 3. The number of amides is 2. The molecule has 0 aliphatic rings. The van der Waals surface area contributed by atoms with Gasteiger partial charge in [-0.25, -0.2) is 4.79 Å². The van der Waals surface area contributed by atoms with Crippen LogP contribution in [0.15, 0.2) is 46.0 Å². The van der Waals surface area contributed by atoms with Gasteiger partial charge in [0.05, 0.1) is 10.9 Å². The van der Waals surface area contributed by atoms with E-state index in [1.54, 1.807) is 19.2 Å². The summed E-state index contributed by atoms with van der Waals surface area (Å²) in [5.74, 6) is -1.53. The van der Waals surface area contributed by atoms with Crippen LogP contribution in [0, 0.1) is 6.92 Å². The van der Waals surface area contributed by atoms with Gasteiger partial charge in [0.2, 0.25) is 0 Å². The van der Waals surface area contributed by atoms with Crippen molar-refractivity contribution in [3.8, 4) is 0 Å². The van der Waals surface area contributed by atoms with Crippen molar-refractivity contribution in [2.45, 2.75) is 26.6 Å². The maximum atomic E-state index is 12.7. The molecule has 3 aromatic rings. The number of nitrogens with one attached hydrogen (secondary N) is 3. The Kier molecular flexibility index (Phi) is 6.19. The third kappa shape index (κ3) is 4.88. The van der Waals surface area contributed by atoms with E-state index in [1.807, 2.05) is 0 Å². The normalized spacial score (nSPS) is 11.4. The highest BCUT2D eigenvalue weighted by molar-refractivity contribution is 6.07. The molecule has 3 rings (SSSR count). The summed E-state index contributed by atoms with van der Waals surface area (Å²) in [6.07, 6.45) is -4.55. The molecule has 0 fully saturated rings. The number of H-pyrrole nitrogens is 1. The number of hydrogen-bond donors (Lipinski definition) is 3. The number of benzene rings is 2. The summed E-state index contributed by atoms with van der Waals surface area (Å²) < 4.78 is 38.0. The number of fused-ring (bicyclic) bond motifs is 1. The van der Waals surface area contributed by atoms with Gasteiger partial charge in [-0.1, -0.05) is 6.07 Å². The first-order valence-corrected chi connectivity index (χ1v) is 9.54. The third-order valence-electron chi connectivity index (χ3n) is 4.76. The number of aromatic nitrogens is 2. The van der Waals surface area contributed by atoms with Gasteiger partial charge in [-0.15, -0.1) is 0 Å². The molecule has 11 heteroatoms. The molecule has 0 aliphatic carbocycles. The molecule has 0 aliphatic heterocycles. The van der Waals surface area contributed by atoms with Crippen molar-refractivity contribution < 1.29 is 22.8 Å². The van der Waals surface area contributed by atoms with Crippen LogP contribution in [-0.2, 0) is 6.54 Å². The molecule has 0 saturated heterocycles. The van der Waals surface area contributed by atoms with Gasteiger partial charge in [0.25, 0.3) is 17.4 Å². The zero-order valence-corrected chi connectivity index (χ0v) is 17.1. The lowest BCUT2D eigenvalue weighted by Gasteiger charge is -2.12. The fraction of sp³-hybridized carbons (Fsp3) is 0.238. The number of carbonyl (C=O) groups is 2. The van der Waals surface area contributed by atoms with E-state index in [1.165, 1.54) is 36.4 Å². The van der Waals surface area contributed by atoms with Crippen LogP contribution in [0.1, 0.15) is 33.2 Å². The molecule has 0 spiro atoms. The van der Waals surface area contributed by atoms with Gasteiger partial charge < -0.3 is 15.6 Å². The Morgan fingerprint density at radius 3 is 2.34 bits per heavy atom. The quantitative estimate of drug-likeness (QED) is 0.557. The molecular formula is C21H19F3N4O4. The Bertz CT molecular complexity index is 1330. The maximum absolute atomic E-state index is 12.7. The van der Waals surface area contributed by atoms with Crippen LogP contribution in [0.3, 0.4) is 0 Å². The van der Waals surface area contributed by atoms with Gasteiger partial charge in [-0.05, 0) is 49.7 Å². The number of anilines is 1. The van der Waals surface area contributed by atoms with Crippen molar-refractivity contribution in [1.29, 1.82) is 0 Å². The van der Waals surface area contributed by atoms with Crippen LogP contribution in [0.2, 0.25) is 0 Å². The van der Waals surface area contributed by atoms with Crippen molar-refractivity contribution in [3.63, 3.8) is 0 Å². The molecule has 8 nitrogen and oxygen atoms in total. The van der Waals surface area contributed by atoms with E-state index >= 15 is 0 Å². The summed E-state index contributed by atoms with van der Waals surface area (Å²) in [7, 11) is 0. The van der Waals surface area contributed by atoms with Gasteiger partial charge in [-0.2, -0.15) is 13.2 Å². The number of alkyl halides is 3. The number of aryl methyl sites for hydroxylation is 1. The van der Waals surface area contributed by atoms with Gasteiger partial charge in [0.1, 0.15) is 6.54 Å². The number of hydrogen-bond acceptors (Lipinski definition) is 4. The smallest absolute Gasteiger partial charge is 0.343 e. The first kappa shape index (κ1) is 22.8.